The third kappa shape index (κ3) is 4.48. The predicted octanol–water partition coefficient (Wildman–Crippen LogP) is 4.42. The summed E-state index contributed by atoms with van der Waals surface area (Å²) >= 11 is 7.35. The normalized spacial score (nSPS) is 12.0. The van der Waals surface area contributed by atoms with E-state index in [1.165, 1.54) is 11.8 Å². The van der Waals surface area contributed by atoms with Crippen molar-refractivity contribution >= 4 is 35.1 Å². The molecule has 1 N–H and O–H groups in total. The maximum atomic E-state index is 12.3. The van der Waals surface area contributed by atoms with Crippen LogP contribution in [0, 0.1) is 0 Å². The highest BCUT2D eigenvalue weighted by Crippen LogP contribution is 2.25. The Hall–Kier alpha value is -1.52. The third-order valence-electron chi connectivity index (χ3n) is 3.01. The van der Waals surface area contributed by atoms with Crippen molar-refractivity contribution in [3.63, 3.8) is 0 Å². The lowest BCUT2D eigenvalue weighted by Crippen LogP contribution is -2.23. The molecule has 2 rings (SSSR count). The van der Waals surface area contributed by atoms with Gasteiger partial charge in [-0.2, -0.15) is 0 Å². The van der Waals surface area contributed by atoms with Crippen molar-refractivity contribution in [1.82, 2.24) is 4.98 Å². The Labute approximate surface area is 134 Å². The number of thioether (sulfide) groups is 1. The number of hydrogen-bond acceptors (Lipinski definition) is 3. The number of halogens is 1. The molecule has 1 unspecified atom stereocenters. The Morgan fingerprint density at radius 2 is 2.05 bits per heavy atom. The predicted molar refractivity (Wildman–Crippen MR) is 89.0 cm³/mol. The van der Waals surface area contributed by atoms with Crippen LogP contribution >= 0.6 is 23.4 Å². The zero-order valence-corrected chi connectivity index (χ0v) is 13.5. The molecule has 1 aromatic carbocycles. The van der Waals surface area contributed by atoms with Crippen LogP contribution in [-0.2, 0) is 11.2 Å². The summed E-state index contributed by atoms with van der Waals surface area (Å²) in [5.74, 6) is 0.594. The molecule has 0 radical (unpaired) electrons. The van der Waals surface area contributed by atoms with Gasteiger partial charge >= 0.3 is 0 Å². The van der Waals surface area contributed by atoms with Gasteiger partial charge in [0.15, 0.2) is 0 Å². The van der Waals surface area contributed by atoms with E-state index in [4.69, 9.17) is 11.6 Å². The van der Waals surface area contributed by atoms with E-state index in [2.05, 4.69) is 10.3 Å². The highest BCUT2D eigenvalue weighted by atomic mass is 35.5. The molecular weight excluding hydrogens is 304 g/mol. The number of amides is 1. The number of rotatable bonds is 5. The van der Waals surface area contributed by atoms with Gasteiger partial charge < -0.3 is 5.32 Å². The first-order chi connectivity index (χ1) is 10.1. The molecule has 21 heavy (non-hydrogen) atoms. The van der Waals surface area contributed by atoms with Gasteiger partial charge in [0.05, 0.1) is 5.25 Å². The van der Waals surface area contributed by atoms with E-state index in [1.807, 2.05) is 50.2 Å². The SMILES string of the molecule is CCc1cccnc1NC(=O)C(C)Sc1ccc(Cl)cc1. The van der Waals surface area contributed by atoms with Crippen LogP contribution in [0.2, 0.25) is 5.02 Å². The summed E-state index contributed by atoms with van der Waals surface area (Å²) in [6, 6.07) is 11.3. The molecule has 1 amide bonds. The molecule has 0 aliphatic heterocycles. The summed E-state index contributed by atoms with van der Waals surface area (Å²) < 4.78 is 0. The van der Waals surface area contributed by atoms with Gasteiger partial charge in [-0.3, -0.25) is 4.79 Å². The zero-order chi connectivity index (χ0) is 15.2. The molecule has 1 atom stereocenters. The summed E-state index contributed by atoms with van der Waals surface area (Å²) in [4.78, 5) is 17.5. The van der Waals surface area contributed by atoms with Crippen molar-refractivity contribution in [1.29, 1.82) is 0 Å². The maximum Gasteiger partial charge on any atom is 0.238 e. The number of aryl methyl sites for hydroxylation is 1. The van der Waals surface area contributed by atoms with E-state index < -0.39 is 0 Å². The standard InChI is InChI=1S/C16H17ClN2OS/c1-3-12-5-4-10-18-15(12)19-16(20)11(2)21-14-8-6-13(17)7-9-14/h4-11H,3H2,1-2H3,(H,18,19,20). The van der Waals surface area contributed by atoms with Crippen molar-refractivity contribution in [2.75, 3.05) is 5.32 Å². The molecule has 1 heterocycles. The van der Waals surface area contributed by atoms with E-state index in [1.54, 1.807) is 6.20 Å². The fourth-order valence-corrected chi connectivity index (χ4v) is 2.82. The summed E-state index contributed by atoms with van der Waals surface area (Å²) in [7, 11) is 0. The largest absolute Gasteiger partial charge is 0.310 e. The maximum absolute atomic E-state index is 12.3. The Morgan fingerprint density at radius 3 is 2.71 bits per heavy atom. The van der Waals surface area contributed by atoms with Crippen LogP contribution in [0.1, 0.15) is 19.4 Å². The number of pyridine rings is 1. The molecular formula is C16H17ClN2OS. The molecule has 1 aromatic heterocycles. The van der Waals surface area contributed by atoms with Crippen molar-refractivity contribution in [3.05, 3.63) is 53.2 Å². The highest BCUT2D eigenvalue weighted by molar-refractivity contribution is 8.00. The first kappa shape index (κ1) is 15.9. The lowest BCUT2D eigenvalue weighted by Gasteiger charge is -2.13. The average Bonchev–Trinajstić information content (AvgIpc) is 2.50. The Balaban J connectivity index is 2.01. The van der Waals surface area contributed by atoms with Crippen LogP contribution in [0.4, 0.5) is 5.82 Å². The first-order valence-corrected chi connectivity index (χ1v) is 8.03. The summed E-state index contributed by atoms with van der Waals surface area (Å²) in [5.41, 5.74) is 1.04. The van der Waals surface area contributed by atoms with Crippen LogP contribution in [0.5, 0.6) is 0 Å². The first-order valence-electron chi connectivity index (χ1n) is 6.77. The fourth-order valence-electron chi connectivity index (χ4n) is 1.83. The number of anilines is 1. The third-order valence-corrected chi connectivity index (χ3v) is 4.37. The average molecular weight is 321 g/mol. The van der Waals surface area contributed by atoms with Crippen LogP contribution in [0.3, 0.4) is 0 Å². The van der Waals surface area contributed by atoms with Gasteiger partial charge in [-0.15, -0.1) is 11.8 Å². The smallest absolute Gasteiger partial charge is 0.238 e. The number of nitrogens with zero attached hydrogens (tertiary/aromatic N) is 1. The van der Waals surface area contributed by atoms with Gasteiger partial charge in [-0.05, 0) is 49.2 Å². The monoisotopic (exact) mass is 320 g/mol. The Kier molecular flexibility index (Phi) is 5.65. The van der Waals surface area contributed by atoms with Crippen LogP contribution in [0.15, 0.2) is 47.5 Å². The van der Waals surface area contributed by atoms with Gasteiger partial charge in [0.2, 0.25) is 5.91 Å². The van der Waals surface area contributed by atoms with Crippen molar-refractivity contribution in [2.45, 2.75) is 30.4 Å². The second-order valence-corrected chi connectivity index (χ2v) is 6.42. The van der Waals surface area contributed by atoms with Crippen molar-refractivity contribution in [2.24, 2.45) is 0 Å². The molecule has 0 saturated carbocycles. The summed E-state index contributed by atoms with van der Waals surface area (Å²) in [6.45, 7) is 3.92. The van der Waals surface area contributed by atoms with Gasteiger partial charge in [-0.1, -0.05) is 24.6 Å². The molecule has 0 fully saturated rings. The van der Waals surface area contributed by atoms with E-state index in [0.717, 1.165) is 16.9 Å². The van der Waals surface area contributed by atoms with E-state index in [-0.39, 0.29) is 11.2 Å². The minimum atomic E-state index is -0.210. The summed E-state index contributed by atoms with van der Waals surface area (Å²) in [6.07, 6.45) is 2.52. The fraction of sp³-hybridized carbons (Fsp3) is 0.250. The number of aromatic nitrogens is 1. The minimum absolute atomic E-state index is 0.0525. The number of hydrogen-bond donors (Lipinski definition) is 1. The summed E-state index contributed by atoms with van der Waals surface area (Å²) in [5, 5.41) is 3.38. The lowest BCUT2D eigenvalue weighted by molar-refractivity contribution is -0.115. The second kappa shape index (κ2) is 7.48. The van der Waals surface area contributed by atoms with Gasteiger partial charge in [0, 0.05) is 16.1 Å². The second-order valence-electron chi connectivity index (χ2n) is 4.57. The van der Waals surface area contributed by atoms with E-state index in [9.17, 15) is 4.79 Å². The van der Waals surface area contributed by atoms with Gasteiger partial charge in [-0.25, -0.2) is 4.98 Å². The number of carbonyl (C=O) groups excluding carboxylic acids is 1. The molecule has 0 aliphatic carbocycles. The quantitative estimate of drug-likeness (QED) is 0.829. The molecule has 0 aliphatic rings. The molecule has 3 nitrogen and oxygen atoms in total. The number of benzene rings is 1. The molecule has 2 aromatic rings. The van der Waals surface area contributed by atoms with Crippen LogP contribution in [-0.4, -0.2) is 16.1 Å². The Bertz CT molecular complexity index is 616. The minimum Gasteiger partial charge on any atom is -0.310 e. The zero-order valence-electron chi connectivity index (χ0n) is 12.0. The van der Waals surface area contributed by atoms with E-state index >= 15 is 0 Å². The van der Waals surface area contributed by atoms with Gasteiger partial charge in [0.25, 0.3) is 0 Å². The topological polar surface area (TPSA) is 42.0 Å². The molecule has 0 spiro atoms. The lowest BCUT2D eigenvalue weighted by atomic mass is 10.2. The number of carbonyl (C=O) groups is 1. The van der Waals surface area contributed by atoms with Gasteiger partial charge in [0.1, 0.15) is 5.82 Å². The van der Waals surface area contributed by atoms with Crippen molar-refractivity contribution in [3.8, 4) is 0 Å². The van der Waals surface area contributed by atoms with Crippen LogP contribution < -0.4 is 5.32 Å². The Morgan fingerprint density at radius 1 is 1.33 bits per heavy atom. The highest BCUT2D eigenvalue weighted by Gasteiger charge is 2.16. The van der Waals surface area contributed by atoms with E-state index in [0.29, 0.717) is 10.8 Å². The van der Waals surface area contributed by atoms with Crippen molar-refractivity contribution < 1.29 is 4.79 Å². The molecule has 110 valence electrons. The number of nitrogens with one attached hydrogen (secondary N) is 1. The molecule has 0 saturated heterocycles. The molecule has 5 heteroatoms. The molecule has 0 bridgehead atoms. The van der Waals surface area contributed by atoms with Crippen LogP contribution in [0.25, 0.3) is 0 Å².